The van der Waals surface area contributed by atoms with Crippen LogP contribution in [0.5, 0.6) is 0 Å². The third-order valence-corrected chi connectivity index (χ3v) is 3.79. The van der Waals surface area contributed by atoms with Gasteiger partial charge in [0.1, 0.15) is 6.10 Å². The molecule has 1 fully saturated rings. The van der Waals surface area contributed by atoms with Gasteiger partial charge in [-0.3, -0.25) is 4.79 Å². The Hall–Kier alpha value is -1.65. The summed E-state index contributed by atoms with van der Waals surface area (Å²) in [6.45, 7) is 2.15. The lowest BCUT2D eigenvalue weighted by Gasteiger charge is -2.02. The topological polar surface area (TPSA) is 70.1 Å². The van der Waals surface area contributed by atoms with E-state index >= 15 is 0 Å². The molecule has 0 radical (unpaired) electrons. The Labute approximate surface area is 145 Å². The first kappa shape index (κ1) is 20.4. The van der Waals surface area contributed by atoms with Crippen LogP contribution in [0, 0.1) is 0 Å². The van der Waals surface area contributed by atoms with Crippen LogP contribution in [-0.2, 0) is 9.53 Å². The number of allylic oxidation sites excluding steroid dienone is 6. The van der Waals surface area contributed by atoms with Gasteiger partial charge in [0, 0.05) is 6.42 Å². The monoisotopic (exact) mass is 334 g/mol. The van der Waals surface area contributed by atoms with E-state index in [1.54, 1.807) is 0 Å². The number of aliphatic hydroxyl groups is 1. The van der Waals surface area contributed by atoms with Crippen molar-refractivity contribution in [3.63, 3.8) is 0 Å². The molecule has 1 heterocycles. The van der Waals surface area contributed by atoms with Gasteiger partial charge in [0.2, 0.25) is 0 Å². The van der Waals surface area contributed by atoms with Crippen molar-refractivity contribution in [2.24, 2.45) is 0 Å². The van der Waals surface area contributed by atoms with E-state index in [2.05, 4.69) is 6.92 Å². The number of epoxide rings is 1. The van der Waals surface area contributed by atoms with Crippen LogP contribution in [0.25, 0.3) is 0 Å². The number of carbonyl (C=O) groups is 1. The summed E-state index contributed by atoms with van der Waals surface area (Å²) < 4.78 is 5.44. The normalized spacial score (nSPS) is 22.2. The van der Waals surface area contributed by atoms with Gasteiger partial charge in [-0.2, -0.15) is 0 Å². The predicted octanol–water partition coefficient (Wildman–Crippen LogP) is 4.17. The summed E-state index contributed by atoms with van der Waals surface area (Å²) in [6.07, 6.45) is 21.1. The molecule has 1 saturated heterocycles. The fourth-order valence-corrected chi connectivity index (χ4v) is 2.33. The van der Waals surface area contributed by atoms with Crippen molar-refractivity contribution in [1.29, 1.82) is 0 Å². The average molecular weight is 334 g/mol. The molecule has 0 aromatic heterocycles. The van der Waals surface area contributed by atoms with E-state index in [1.807, 2.05) is 48.6 Å². The molecule has 3 unspecified atom stereocenters. The highest BCUT2D eigenvalue weighted by molar-refractivity contribution is 5.66. The zero-order valence-corrected chi connectivity index (χ0v) is 14.5. The maximum Gasteiger partial charge on any atom is 0.303 e. The first-order valence-electron chi connectivity index (χ1n) is 8.87. The van der Waals surface area contributed by atoms with Crippen LogP contribution in [-0.4, -0.2) is 34.5 Å². The Morgan fingerprint density at radius 1 is 1.08 bits per heavy atom. The number of aliphatic hydroxyl groups excluding tert-OH is 1. The Morgan fingerprint density at radius 2 is 1.79 bits per heavy atom. The molecule has 3 atom stereocenters. The van der Waals surface area contributed by atoms with Crippen LogP contribution in [0.4, 0.5) is 0 Å². The maximum atomic E-state index is 10.4. The summed E-state index contributed by atoms with van der Waals surface area (Å²) in [7, 11) is 0. The number of ether oxygens (including phenoxy) is 1. The number of carboxylic acids is 1. The second-order valence-corrected chi connectivity index (χ2v) is 6.03. The van der Waals surface area contributed by atoms with Crippen molar-refractivity contribution in [1.82, 2.24) is 0 Å². The first-order chi connectivity index (χ1) is 11.6. The molecule has 134 valence electrons. The summed E-state index contributed by atoms with van der Waals surface area (Å²) in [4.78, 5) is 10.4. The first-order valence-corrected chi connectivity index (χ1v) is 8.87. The van der Waals surface area contributed by atoms with E-state index < -0.39 is 5.97 Å². The van der Waals surface area contributed by atoms with Gasteiger partial charge in [-0.25, -0.2) is 0 Å². The van der Waals surface area contributed by atoms with Crippen molar-refractivity contribution in [2.75, 3.05) is 0 Å². The summed E-state index contributed by atoms with van der Waals surface area (Å²) in [5.74, 6) is -0.750. The van der Waals surface area contributed by atoms with Gasteiger partial charge in [-0.15, -0.1) is 0 Å². The van der Waals surface area contributed by atoms with E-state index in [9.17, 15) is 9.90 Å². The van der Waals surface area contributed by atoms with Crippen LogP contribution in [0.3, 0.4) is 0 Å². The molecule has 0 aromatic rings. The molecule has 1 aliphatic heterocycles. The summed E-state index contributed by atoms with van der Waals surface area (Å²) >= 11 is 0. The fraction of sp³-hybridized carbons (Fsp3) is 0.550. The quantitative estimate of drug-likeness (QED) is 0.301. The Kier molecular flexibility index (Phi) is 10.8. The predicted molar refractivity (Wildman–Crippen MR) is 96.9 cm³/mol. The molecule has 0 bridgehead atoms. The molecule has 2 N–H and O–H groups in total. The molecule has 0 saturated carbocycles. The van der Waals surface area contributed by atoms with Crippen molar-refractivity contribution in [3.05, 3.63) is 48.6 Å². The number of rotatable bonds is 13. The Balaban J connectivity index is 2.07. The number of carboxylic acid groups (broad SMARTS) is 1. The average Bonchev–Trinajstić information content (AvgIpc) is 3.28. The molecule has 4 heteroatoms. The highest BCUT2D eigenvalue weighted by Crippen LogP contribution is 2.28. The van der Waals surface area contributed by atoms with Crippen LogP contribution in [0.15, 0.2) is 48.6 Å². The smallest absolute Gasteiger partial charge is 0.303 e. The van der Waals surface area contributed by atoms with E-state index in [4.69, 9.17) is 9.84 Å². The number of aliphatic carboxylic acids is 1. The number of unbranched alkanes of at least 4 members (excludes halogenated alkanes) is 2. The van der Waals surface area contributed by atoms with Crippen molar-refractivity contribution in [3.8, 4) is 0 Å². The standard InChI is InChI=1S/C20H30O4/c1-2-3-8-12-17(21)13-9-6-4-5-7-10-14-18-19(24-18)15-11-16-20(22)23/h4-7,9-10,13-14,17-19,21H,2-3,8,11-12,15-16H2,1H3,(H,22,23)/b6-4+,7-5+,13-9+,14-10+. The lowest BCUT2D eigenvalue weighted by atomic mass is 10.1. The van der Waals surface area contributed by atoms with Gasteiger partial charge in [0.15, 0.2) is 0 Å². The molecular formula is C20H30O4. The maximum absolute atomic E-state index is 10.4. The third-order valence-electron chi connectivity index (χ3n) is 3.79. The van der Waals surface area contributed by atoms with Gasteiger partial charge in [0.05, 0.1) is 12.2 Å². The lowest BCUT2D eigenvalue weighted by Crippen LogP contribution is -2.00. The van der Waals surface area contributed by atoms with E-state index in [-0.39, 0.29) is 24.7 Å². The number of hydrogen-bond donors (Lipinski definition) is 2. The second kappa shape index (κ2) is 12.7. The molecule has 1 rings (SSSR count). The minimum atomic E-state index is -0.750. The third kappa shape index (κ3) is 11.0. The molecule has 0 aromatic carbocycles. The Bertz CT molecular complexity index is 462. The van der Waals surface area contributed by atoms with Gasteiger partial charge < -0.3 is 14.9 Å². The lowest BCUT2D eigenvalue weighted by molar-refractivity contribution is -0.137. The van der Waals surface area contributed by atoms with Crippen LogP contribution >= 0.6 is 0 Å². The Morgan fingerprint density at radius 3 is 2.50 bits per heavy atom. The summed E-state index contributed by atoms with van der Waals surface area (Å²) in [5.41, 5.74) is 0. The van der Waals surface area contributed by atoms with Gasteiger partial charge in [-0.1, -0.05) is 74.8 Å². The van der Waals surface area contributed by atoms with Gasteiger partial charge >= 0.3 is 5.97 Å². The molecular weight excluding hydrogens is 304 g/mol. The van der Waals surface area contributed by atoms with Crippen molar-refractivity contribution < 1.29 is 19.7 Å². The molecule has 4 nitrogen and oxygen atoms in total. The van der Waals surface area contributed by atoms with Crippen molar-refractivity contribution in [2.45, 2.75) is 70.2 Å². The zero-order chi connectivity index (χ0) is 17.6. The summed E-state index contributed by atoms with van der Waals surface area (Å²) in [5, 5.41) is 18.3. The molecule has 0 aliphatic carbocycles. The van der Waals surface area contributed by atoms with Crippen LogP contribution in [0.2, 0.25) is 0 Å². The number of hydrogen-bond acceptors (Lipinski definition) is 3. The second-order valence-electron chi connectivity index (χ2n) is 6.03. The fourth-order valence-electron chi connectivity index (χ4n) is 2.33. The molecule has 24 heavy (non-hydrogen) atoms. The van der Waals surface area contributed by atoms with Crippen LogP contribution in [0.1, 0.15) is 51.9 Å². The van der Waals surface area contributed by atoms with E-state index in [0.717, 1.165) is 19.3 Å². The highest BCUT2D eigenvalue weighted by atomic mass is 16.6. The molecule has 1 aliphatic rings. The van der Waals surface area contributed by atoms with Gasteiger partial charge in [-0.05, 0) is 19.3 Å². The van der Waals surface area contributed by atoms with Gasteiger partial charge in [0.25, 0.3) is 0 Å². The zero-order valence-electron chi connectivity index (χ0n) is 14.5. The summed E-state index contributed by atoms with van der Waals surface area (Å²) in [6, 6.07) is 0. The van der Waals surface area contributed by atoms with E-state index in [0.29, 0.717) is 6.42 Å². The minimum absolute atomic E-state index is 0.130. The minimum Gasteiger partial charge on any atom is -0.481 e. The highest BCUT2D eigenvalue weighted by Gasteiger charge is 2.35. The molecule has 0 amide bonds. The molecule has 0 spiro atoms. The SMILES string of the molecule is CCCCCC(O)/C=C/C=C/C=C/C=C/C1OC1CCCC(=O)O. The van der Waals surface area contributed by atoms with E-state index in [1.165, 1.54) is 12.8 Å². The van der Waals surface area contributed by atoms with Crippen LogP contribution < -0.4 is 0 Å². The largest absolute Gasteiger partial charge is 0.481 e. The van der Waals surface area contributed by atoms with Crippen molar-refractivity contribution >= 4 is 5.97 Å².